The van der Waals surface area contributed by atoms with Crippen molar-refractivity contribution in [2.45, 2.75) is 38.4 Å². The SMILES string of the molecule is C[C@H]1CN2CCC[C@H]2CN1Cc1cc2c(cc1Br)OCO2. The molecule has 3 aliphatic rings. The maximum atomic E-state index is 5.51. The molecule has 1 aromatic rings. The van der Waals surface area contributed by atoms with E-state index < -0.39 is 0 Å². The quantitative estimate of drug-likeness (QED) is 0.816. The number of hydrogen-bond acceptors (Lipinski definition) is 4. The third-order valence-corrected chi connectivity index (χ3v) is 5.72. The lowest BCUT2D eigenvalue weighted by Gasteiger charge is -2.42. The van der Waals surface area contributed by atoms with Crippen LogP contribution in [0.25, 0.3) is 0 Å². The van der Waals surface area contributed by atoms with Crippen LogP contribution in [0.15, 0.2) is 16.6 Å². The van der Waals surface area contributed by atoms with Gasteiger partial charge in [0.15, 0.2) is 11.5 Å². The standard InChI is InChI=1S/C16H21BrN2O2/c1-11-7-18-4-2-3-13(18)9-19(11)8-12-5-15-16(6-14(12)17)21-10-20-15/h5-6,11,13H,2-4,7-10H2,1H3/t11-,13-/m0/s1. The Morgan fingerprint density at radius 1 is 1.24 bits per heavy atom. The maximum absolute atomic E-state index is 5.51. The summed E-state index contributed by atoms with van der Waals surface area (Å²) in [6.45, 7) is 7.33. The number of piperazine rings is 1. The lowest BCUT2D eigenvalue weighted by Crippen LogP contribution is -2.54. The molecule has 0 bridgehead atoms. The van der Waals surface area contributed by atoms with Crippen LogP contribution in [0.5, 0.6) is 11.5 Å². The smallest absolute Gasteiger partial charge is 0.231 e. The molecule has 4 rings (SSSR count). The summed E-state index contributed by atoms with van der Waals surface area (Å²) >= 11 is 3.68. The van der Waals surface area contributed by atoms with Gasteiger partial charge in [0.2, 0.25) is 6.79 Å². The van der Waals surface area contributed by atoms with Crippen LogP contribution < -0.4 is 9.47 Å². The van der Waals surface area contributed by atoms with Crippen molar-refractivity contribution in [1.82, 2.24) is 9.80 Å². The predicted molar refractivity (Wildman–Crippen MR) is 84.7 cm³/mol. The number of rotatable bonds is 2. The van der Waals surface area contributed by atoms with E-state index in [0.29, 0.717) is 12.8 Å². The molecule has 0 saturated carbocycles. The van der Waals surface area contributed by atoms with E-state index in [0.717, 1.165) is 28.6 Å². The van der Waals surface area contributed by atoms with Gasteiger partial charge in [-0.15, -0.1) is 0 Å². The van der Waals surface area contributed by atoms with Gasteiger partial charge >= 0.3 is 0 Å². The summed E-state index contributed by atoms with van der Waals surface area (Å²) in [5.74, 6) is 1.72. The van der Waals surface area contributed by atoms with Gasteiger partial charge in [0, 0.05) is 36.2 Å². The lowest BCUT2D eigenvalue weighted by atomic mass is 10.1. The fraction of sp³-hybridized carbons (Fsp3) is 0.625. The molecule has 3 heterocycles. The van der Waals surface area contributed by atoms with E-state index in [4.69, 9.17) is 9.47 Å². The van der Waals surface area contributed by atoms with Gasteiger partial charge in [-0.3, -0.25) is 9.80 Å². The van der Waals surface area contributed by atoms with E-state index in [1.165, 1.54) is 38.0 Å². The Labute approximate surface area is 134 Å². The zero-order valence-corrected chi connectivity index (χ0v) is 13.9. The van der Waals surface area contributed by atoms with E-state index in [1.807, 2.05) is 6.07 Å². The molecule has 21 heavy (non-hydrogen) atoms. The van der Waals surface area contributed by atoms with Crippen LogP contribution in [-0.2, 0) is 6.54 Å². The second-order valence-electron chi connectivity index (χ2n) is 6.37. The number of benzene rings is 1. The highest BCUT2D eigenvalue weighted by Crippen LogP contribution is 2.38. The van der Waals surface area contributed by atoms with Gasteiger partial charge in [0.1, 0.15) is 0 Å². The fourth-order valence-corrected chi connectivity index (χ4v) is 4.22. The summed E-state index contributed by atoms with van der Waals surface area (Å²) in [5, 5.41) is 0. The number of hydrogen-bond donors (Lipinski definition) is 0. The second-order valence-corrected chi connectivity index (χ2v) is 7.22. The average Bonchev–Trinajstić information content (AvgIpc) is 3.07. The minimum atomic E-state index is 0.336. The van der Waals surface area contributed by atoms with Gasteiger partial charge in [-0.25, -0.2) is 0 Å². The van der Waals surface area contributed by atoms with Gasteiger partial charge in [-0.2, -0.15) is 0 Å². The Morgan fingerprint density at radius 3 is 2.90 bits per heavy atom. The fourth-order valence-electron chi connectivity index (χ4n) is 3.77. The molecule has 2 atom stereocenters. The van der Waals surface area contributed by atoms with Crippen LogP contribution in [-0.4, -0.2) is 48.3 Å². The van der Waals surface area contributed by atoms with E-state index in [1.54, 1.807) is 0 Å². The second kappa shape index (κ2) is 5.45. The van der Waals surface area contributed by atoms with E-state index in [-0.39, 0.29) is 0 Å². The Hall–Kier alpha value is -0.780. The zero-order chi connectivity index (χ0) is 14.4. The van der Waals surface area contributed by atoms with Crippen LogP contribution in [0.1, 0.15) is 25.3 Å². The van der Waals surface area contributed by atoms with Gasteiger partial charge in [-0.05, 0) is 44.0 Å². The molecular weight excluding hydrogens is 332 g/mol. The average molecular weight is 353 g/mol. The normalized spacial score (nSPS) is 28.9. The lowest BCUT2D eigenvalue weighted by molar-refractivity contribution is 0.0538. The molecule has 3 aliphatic heterocycles. The molecule has 2 fully saturated rings. The Balaban J connectivity index is 1.53. The van der Waals surface area contributed by atoms with Crippen LogP contribution >= 0.6 is 15.9 Å². The van der Waals surface area contributed by atoms with Crippen LogP contribution in [0.2, 0.25) is 0 Å². The van der Waals surface area contributed by atoms with Crippen molar-refractivity contribution < 1.29 is 9.47 Å². The van der Waals surface area contributed by atoms with E-state index >= 15 is 0 Å². The van der Waals surface area contributed by atoms with Gasteiger partial charge in [0.05, 0.1) is 0 Å². The topological polar surface area (TPSA) is 24.9 Å². The van der Waals surface area contributed by atoms with Gasteiger partial charge in [-0.1, -0.05) is 15.9 Å². The number of halogens is 1. The molecule has 5 heteroatoms. The number of nitrogens with zero attached hydrogens (tertiary/aromatic N) is 2. The Morgan fingerprint density at radius 2 is 2.05 bits per heavy atom. The molecule has 0 radical (unpaired) electrons. The summed E-state index contributed by atoms with van der Waals surface area (Å²) in [5.41, 5.74) is 1.29. The molecule has 1 aromatic carbocycles. The van der Waals surface area contributed by atoms with Crippen molar-refractivity contribution in [2.24, 2.45) is 0 Å². The molecular formula is C16H21BrN2O2. The van der Waals surface area contributed by atoms with Crippen molar-refractivity contribution >= 4 is 15.9 Å². The predicted octanol–water partition coefficient (Wildman–Crippen LogP) is 2.85. The first kappa shape index (κ1) is 13.9. The minimum absolute atomic E-state index is 0.336. The molecule has 0 aromatic heterocycles. The summed E-state index contributed by atoms with van der Waals surface area (Å²) < 4.78 is 12.1. The summed E-state index contributed by atoms with van der Waals surface area (Å²) in [4.78, 5) is 5.27. The molecule has 0 spiro atoms. The first-order chi connectivity index (χ1) is 10.2. The minimum Gasteiger partial charge on any atom is -0.454 e. The first-order valence-electron chi connectivity index (χ1n) is 7.77. The third kappa shape index (κ3) is 2.56. The Kier molecular flexibility index (Phi) is 3.59. The highest BCUT2D eigenvalue weighted by atomic mass is 79.9. The zero-order valence-electron chi connectivity index (χ0n) is 12.3. The first-order valence-corrected chi connectivity index (χ1v) is 8.56. The van der Waals surface area contributed by atoms with Crippen LogP contribution in [0, 0.1) is 0 Å². The highest BCUT2D eigenvalue weighted by molar-refractivity contribution is 9.10. The van der Waals surface area contributed by atoms with Gasteiger partial charge in [0.25, 0.3) is 0 Å². The summed E-state index contributed by atoms with van der Waals surface area (Å²) in [6, 6.07) is 5.53. The molecule has 2 saturated heterocycles. The molecule has 0 amide bonds. The number of fused-ring (bicyclic) bond motifs is 2. The summed E-state index contributed by atoms with van der Waals surface area (Å²) in [6.07, 6.45) is 2.71. The van der Waals surface area contributed by atoms with Crippen molar-refractivity contribution in [1.29, 1.82) is 0 Å². The van der Waals surface area contributed by atoms with Crippen LogP contribution in [0.4, 0.5) is 0 Å². The third-order valence-electron chi connectivity index (χ3n) is 4.98. The largest absolute Gasteiger partial charge is 0.454 e. The highest BCUT2D eigenvalue weighted by Gasteiger charge is 2.34. The molecule has 4 nitrogen and oxygen atoms in total. The Bertz CT molecular complexity index is 551. The van der Waals surface area contributed by atoms with Crippen LogP contribution in [0.3, 0.4) is 0 Å². The van der Waals surface area contributed by atoms with Crippen molar-refractivity contribution in [2.75, 3.05) is 26.4 Å². The number of ether oxygens (including phenoxy) is 2. The van der Waals surface area contributed by atoms with Crippen molar-refractivity contribution in [3.8, 4) is 11.5 Å². The maximum Gasteiger partial charge on any atom is 0.231 e. The molecule has 0 aliphatic carbocycles. The molecule has 0 unspecified atom stereocenters. The summed E-state index contributed by atoms with van der Waals surface area (Å²) in [7, 11) is 0. The van der Waals surface area contributed by atoms with Gasteiger partial charge < -0.3 is 9.47 Å². The van der Waals surface area contributed by atoms with Crippen molar-refractivity contribution in [3.63, 3.8) is 0 Å². The van der Waals surface area contributed by atoms with E-state index in [2.05, 4.69) is 38.7 Å². The molecule has 0 N–H and O–H groups in total. The van der Waals surface area contributed by atoms with E-state index in [9.17, 15) is 0 Å². The molecule has 114 valence electrons. The van der Waals surface area contributed by atoms with Crippen molar-refractivity contribution in [3.05, 3.63) is 22.2 Å². The monoisotopic (exact) mass is 352 g/mol.